The number of aromatic nitrogens is 5. The van der Waals surface area contributed by atoms with Crippen LogP contribution in [0.1, 0.15) is 0 Å². The van der Waals surface area contributed by atoms with Crippen molar-refractivity contribution in [1.29, 1.82) is 0 Å². The zero-order valence-corrected chi connectivity index (χ0v) is 19.8. The minimum absolute atomic E-state index is 0.661. The lowest BCUT2D eigenvalue weighted by Crippen LogP contribution is -2.03. The van der Waals surface area contributed by atoms with E-state index >= 15 is 0 Å². The molecule has 8 rings (SSSR count). The van der Waals surface area contributed by atoms with Gasteiger partial charge in [0, 0.05) is 43.4 Å². The molecule has 0 fully saturated rings. The largest absolute Gasteiger partial charge is 0.278 e. The molecule has 4 aromatic carbocycles. The second-order valence-electron chi connectivity index (χ2n) is 8.78. The van der Waals surface area contributed by atoms with Gasteiger partial charge in [0.2, 0.25) is 5.95 Å². The first-order valence-corrected chi connectivity index (χ1v) is 12.6. The van der Waals surface area contributed by atoms with Crippen molar-refractivity contribution in [2.24, 2.45) is 0 Å². The van der Waals surface area contributed by atoms with Gasteiger partial charge in [0.25, 0.3) is 0 Å². The first kappa shape index (κ1) is 19.6. The highest BCUT2D eigenvalue weighted by Crippen LogP contribution is 2.42. The first-order chi connectivity index (χ1) is 17.9. The molecule has 0 atom stereocenters. The molecule has 0 spiro atoms. The summed E-state index contributed by atoms with van der Waals surface area (Å²) in [4.78, 5) is 20.1. The molecule has 8 aromatic rings. The van der Waals surface area contributed by atoms with Crippen LogP contribution in [0.3, 0.4) is 0 Å². The fourth-order valence-electron chi connectivity index (χ4n) is 5.27. The summed E-state index contributed by atoms with van der Waals surface area (Å²) in [5.74, 6) is 0.661. The summed E-state index contributed by atoms with van der Waals surface area (Å²) >= 11 is 1.70. The summed E-state index contributed by atoms with van der Waals surface area (Å²) in [7, 11) is 0. The Labute approximate surface area is 209 Å². The van der Waals surface area contributed by atoms with E-state index in [1.165, 1.54) is 20.9 Å². The number of benzene rings is 4. The molecule has 0 amide bonds. The topological polar surface area (TPSA) is 56.5 Å². The van der Waals surface area contributed by atoms with Crippen molar-refractivity contribution >= 4 is 64.3 Å². The van der Waals surface area contributed by atoms with Gasteiger partial charge in [-0.25, -0.2) is 19.9 Å². The molecule has 0 unspecified atom stereocenters. The SMILES string of the molecule is c1ccc(-c2nc(-n3c4ccccc4c4c5c(ccc43)sc3ncncc35)nc3ccccc23)cc1. The van der Waals surface area contributed by atoms with Gasteiger partial charge in [-0.1, -0.05) is 66.7 Å². The van der Waals surface area contributed by atoms with Gasteiger partial charge in [-0.05, 0) is 24.3 Å². The van der Waals surface area contributed by atoms with Crippen LogP contribution in [0.5, 0.6) is 0 Å². The lowest BCUT2D eigenvalue weighted by atomic mass is 10.1. The van der Waals surface area contributed by atoms with E-state index in [2.05, 4.69) is 75.2 Å². The number of hydrogen-bond acceptors (Lipinski definition) is 5. The van der Waals surface area contributed by atoms with Gasteiger partial charge in [0.15, 0.2) is 0 Å². The summed E-state index contributed by atoms with van der Waals surface area (Å²) in [5, 5.41) is 5.65. The van der Waals surface area contributed by atoms with Crippen LogP contribution in [0, 0.1) is 0 Å². The van der Waals surface area contributed by atoms with Crippen LogP contribution < -0.4 is 0 Å². The highest BCUT2D eigenvalue weighted by atomic mass is 32.1. The lowest BCUT2D eigenvalue weighted by molar-refractivity contribution is 1.01. The average molecular weight is 480 g/mol. The Balaban J connectivity index is 1.55. The number of rotatable bonds is 2. The first-order valence-electron chi connectivity index (χ1n) is 11.7. The van der Waals surface area contributed by atoms with Crippen LogP contribution >= 0.6 is 11.3 Å². The Kier molecular flexibility index (Phi) is 4.03. The Hall–Kier alpha value is -4.68. The number of para-hydroxylation sites is 2. The normalized spacial score (nSPS) is 11.9. The van der Waals surface area contributed by atoms with E-state index in [1.54, 1.807) is 17.7 Å². The van der Waals surface area contributed by atoms with Crippen molar-refractivity contribution < 1.29 is 0 Å². The summed E-state index contributed by atoms with van der Waals surface area (Å²) in [6.07, 6.45) is 3.54. The molecular weight excluding hydrogens is 462 g/mol. The van der Waals surface area contributed by atoms with Gasteiger partial charge in [0.05, 0.1) is 22.2 Å². The summed E-state index contributed by atoms with van der Waals surface area (Å²) in [6, 6.07) is 31.4. The predicted octanol–water partition coefficient (Wildman–Crippen LogP) is 7.55. The zero-order valence-electron chi connectivity index (χ0n) is 19.0. The molecule has 0 bridgehead atoms. The highest BCUT2D eigenvalue weighted by molar-refractivity contribution is 7.25. The molecule has 4 aromatic heterocycles. The predicted molar refractivity (Wildman–Crippen MR) is 148 cm³/mol. The third-order valence-electron chi connectivity index (χ3n) is 6.79. The van der Waals surface area contributed by atoms with Crippen LogP contribution in [0.4, 0.5) is 0 Å². The lowest BCUT2D eigenvalue weighted by Gasteiger charge is -2.11. The monoisotopic (exact) mass is 479 g/mol. The van der Waals surface area contributed by atoms with E-state index in [9.17, 15) is 0 Å². The molecule has 4 heterocycles. The molecule has 6 heteroatoms. The minimum Gasteiger partial charge on any atom is -0.278 e. The van der Waals surface area contributed by atoms with Crippen molar-refractivity contribution in [2.45, 2.75) is 0 Å². The summed E-state index contributed by atoms with van der Waals surface area (Å²) in [5.41, 5.74) is 5.06. The fourth-order valence-corrected chi connectivity index (χ4v) is 6.29. The molecule has 0 radical (unpaired) electrons. The number of hydrogen-bond donors (Lipinski definition) is 0. The molecule has 0 aliphatic carbocycles. The van der Waals surface area contributed by atoms with Crippen molar-refractivity contribution in [3.63, 3.8) is 0 Å². The molecule has 0 N–H and O–H groups in total. The third-order valence-corrected chi connectivity index (χ3v) is 7.87. The molecule has 0 saturated carbocycles. The Morgan fingerprint density at radius 2 is 1.44 bits per heavy atom. The van der Waals surface area contributed by atoms with Crippen molar-refractivity contribution in [1.82, 2.24) is 24.5 Å². The van der Waals surface area contributed by atoms with E-state index in [1.807, 2.05) is 36.5 Å². The van der Waals surface area contributed by atoms with Crippen LogP contribution in [-0.2, 0) is 0 Å². The van der Waals surface area contributed by atoms with Crippen LogP contribution in [-0.4, -0.2) is 24.5 Å². The second kappa shape index (κ2) is 7.41. The number of nitrogens with zero attached hydrogens (tertiary/aromatic N) is 5. The third kappa shape index (κ3) is 2.70. The molecule has 36 heavy (non-hydrogen) atoms. The minimum atomic E-state index is 0.661. The number of fused-ring (bicyclic) bond motifs is 8. The standard InChI is InChI=1S/C30H17N5S/c1-2-8-18(9-3-1)28-19-10-4-6-12-22(19)33-30(34-28)35-23-13-7-5-11-20(23)26-24(35)14-15-25-27(26)21-16-31-17-32-29(21)36-25/h1-17H. The highest BCUT2D eigenvalue weighted by Gasteiger charge is 2.20. The molecule has 5 nitrogen and oxygen atoms in total. The van der Waals surface area contributed by atoms with E-state index in [0.717, 1.165) is 43.4 Å². The van der Waals surface area contributed by atoms with Gasteiger partial charge < -0.3 is 0 Å². The van der Waals surface area contributed by atoms with Gasteiger partial charge in [-0.2, -0.15) is 0 Å². The quantitative estimate of drug-likeness (QED) is 0.257. The smallest absolute Gasteiger partial charge is 0.235 e. The average Bonchev–Trinajstić information content (AvgIpc) is 3.48. The molecule has 168 valence electrons. The van der Waals surface area contributed by atoms with Crippen molar-refractivity contribution in [2.75, 3.05) is 0 Å². The molecule has 0 saturated heterocycles. The Bertz CT molecular complexity index is 2110. The van der Waals surface area contributed by atoms with Crippen LogP contribution in [0.25, 0.3) is 70.2 Å². The van der Waals surface area contributed by atoms with Crippen LogP contribution in [0.15, 0.2) is 104 Å². The Morgan fingerprint density at radius 1 is 0.639 bits per heavy atom. The van der Waals surface area contributed by atoms with E-state index in [-0.39, 0.29) is 0 Å². The zero-order chi connectivity index (χ0) is 23.6. The maximum atomic E-state index is 5.17. The van der Waals surface area contributed by atoms with Crippen molar-refractivity contribution in [3.8, 4) is 17.2 Å². The maximum absolute atomic E-state index is 5.17. The van der Waals surface area contributed by atoms with Gasteiger partial charge in [-0.3, -0.25) is 4.57 Å². The maximum Gasteiger partial charge on any atom is 0.235 e. The van der Waals surface area contributed by atoms with E-state index in [4.69, 9.17) is 9.97 Å². The van der Waals surface area contributed by atoms with Gasteiger partial charge >= 0.3 is 0 Å². The fraction of sp³-hybridized carbons (Fsp3) is 0. The summed E-state index contributed by atoms with van der Waals surface area (Å²) in [6.45, 7) is 0. The Morgan fingerprint density at radius 3 is 2.36 bits per heavy atom. The van der Waals surface area contributed by atoms with Gasteiger partial charge in [-0.15, -0.1) is 11.3 Å². The summed E-state index contributed by atoms with van der Waals surface area (Å²) < 4.78 is 3.39. The second-order valence-corrected chi connectivity index (χ2v) is 9.82. The van der Waals surface area contributed by atoms with Gasteiger partial charge in [0.1, 0.15) is 11.2 Å². The van der Waals surface area contributed by atoms with Crippen LogP contribution in [0.2, 0.25) is 0 Å². The number of thiophene rings is 1. The molecular formula is C30H17N5S. The molecule has 0 aliphatic heterocycles. The molecule has 0 aliphatic rings. The van der Waals surface area contributed by atoms with Crippen molar-refractivity contribution in [3.05, 3.63) is 104 Å². The van der Waals surface area contributed by atoms with E-state index < -0.39 is 0 Å². The van der Waals surface area contributed by atoms with E-state index in [0.29, 0.717) is 5.95 Å².